The van der Waals surface area contributed by atoms with E-state index in [0.717, 1.165) is 16.5 Å². The standard InChI is InChI=1S/C12H14N2O/c1-12(2,3)9-5-10-8(4-11(9)15)6-13-7-14-10/h4-7,15H,1-3H3. The third kappa shape index (κ3) is 1.77. The lowest BCUT2D eigenvalue weighted by molar-refractivity contribution is 0.447. The Morgan fingerprint density at radius 3 is 2.60 bits per heavy atom. The van der Waals surface area contributed by atoms with Gasteiger partial charge in [0.2, 0.25) is 0 Å². The average molecular weight is 202 g/mol. The number of phenolic OH excluding ortho intramolecular Hbond substituents is 1. The Hall–Kier alpha value is -1.64. The Labute approximate surface area is 88.8 Å². The van der Waals surface area contributed by atoms with Crippen LogP contribution in [0.3, 0.4) is 0 Å². The van der Waals surface area contributed by atoms with Gasteiger partial charge in [0.25, 0.3) is 0 Å². The number of hydrogen-bond donors (Lipinski definition) is 1. The summed E-state index contributed by atoms with van der Waals surface area (Å²) in [6.45, 7) is 6.19. The van der Waals surface area contributed by atoms with Crippen molar-refractivity contribution in [3.05, 3.63) is 30.2 Å². The van der Waals surface area contributed by atoms with Gasteiger partial charge in [-0.05, 0) is 17.5 Å². The van der Waals surface area contributed by atoms with Gasteiger partial charge < -0.3 is 5.11 Å². The molecule has 15 heavy (non-hydrogen) atoms. The number of hydrogen-bond acceptors (Lipinski definition) is 3. The Kier molecular flexibility index (Phi) is 2.11. The molecule has 0 bridgehead atoms. The van der Waals surface area contributed by atoms with Gasteiger partial charge in [0.05, 0.1) is 5.52 Å². The molecular formula is C12H14N2O. The summed E-state index contributed by atoms with van der Waals surface area (Å²) in [7, 11) is 0. The van der Waals surface area contributed by atoms with Gasteiger partial charge in [-0.1, -0.05) is 20.8 Å². The molecule has 3 heteroatoms. The van der Waals surface area contributed by atoms with E-state index in [1.54, 1.807) is 12.3 Å². The zero-order valence-corrected chi connectivity index (χ0v) is 9.15. The maximum Gasteiger partial charge on any atom is 0.120 e. The highest BCUT2D eigenvalue weighted by atomic mass is 16.3. The maximum atomic E-state index is 9.89. The van der Waals surface area contributed by atoms with Crippen LogP contribution >= 0.6 is 0 Å². The molecule has 0 amide bonds. The zero-order valence-electron chi connectivity index (χ0n) is 9.15. The van der Waals surface area contributed by atoms with Gasteiger partial charge in [-0.3, -0.25) is 0 Å². The van der Waals surface area contributed by atoms with Gasteiger partial charge in [0.1, 0.15) is 12.1 Å². The monoisotopic (exact) mass is 202 g/mol. The van der Waals surface area contributed by atoms with E-state index in [4.69, 9.17) is 0 Å². The lowest BCUT2D eigenvalue weighted by atomic mass is 9.86. The van der Waals surface area contributed by atoms with Gasteiger partial charge in [-0.15, -0.1) is 0 Å². The van der Waals surface area contributed by atoms with Gasteiger partial charge >= 0.3 is 0 Å². The quantitative estimate of drug-likeness (QED) is 0.714. The minimum Gasteiger partial charge on any atom is -0.508 e. The normalized spacial score (nSPS) is 11.9. The summed E-state index contributed by atoms with van der Waals surface area (Å²) in [4.78, 5) is 8.10. The number of phenols is 1. The minimum absolute atomic E-state index is 0.0801. The van der Waals surface area contributed by atoms with Crippen molar-refractivity contribution in [2.75, 3.05) is 0 Å². The van der Waals surface area contributed by atoms with Crippen LogP contribution in [0, 0.1) is 0 Å². The van der Waals surface area contributed by atoms with E-state index >= 15 is 0 Å². The van der Waals surface area contributed by atoms with E-state index in [9.17, 15) is 5.11 Å². The second-order valence-electron chi connectivity index (χ2n) is 4.70. The summed E-state index contributed by atoms with van der Waals surface area (Å²) in [5, 5.41) is 10.8. The lowest BCUT2D eigenvalue weighted by Gasteiger charge is -2.20. The second kappa shape index (κ2) is 3.19. The molecule has 0 saturated carbocycles. The molecule has 0 aliphatic heterocycles. The van der Waals surface area contributed by atoms with Crippen LogP contribution in [0.25, 0.3) is 10.9 Å². The number of rotatable bonds is 0. The fraction of sp³-hybridized carbons (Fsp3) is 0.333. The fourth-order valence-corrected chi connectivity index (χ4v) is 1.62. The number of aromatic nitrogens is 2. The van der Waals surface area contributed by atoms with Gasteiger partial charge in [0, 0.05) is 17.1 Å². The Balaban J connectivity index is 2.73. The first-order valence-electron chi connectivity index (χ1n) is 4.92. The summed E-state index contributed by atoms with van der Waals surface area (Å²) in [6, 6.07) is 3.64. The van der Waals surface area contributed by atoms with Gasteiger partial charge in [-0.2, -0.15) is 0 Å². The summed E-state index contributed by atoms with van der Waals surface area (Å²) < 4.78 is 0. The van der Waals surface area contributed by atoms with Crippen LogP contribution in [-0.4, -0.2) is 15.1 Å². The van der Waals surface area contributed by atoms with Crippen LogP contribution in [0.5, 0.6) is 5.75 Å². The van der Waals surface area contributed by atoms with E-state index < -0.39 is 0 Å². The number of nitrogens with zero attached hydrogens (tertiary/aromatic N) is 2. The van der Waals surface area contributed by atoms with Crippen molar-refractivity contribution in [1.29, 1.82) is 0 Å². The molecular weight excluding hydrogens is 188 g/mol. The van der Waals surface area contributed by atoms with Crippen molar-refractivity contribution in [1.82, 2.24) is 9.97 Å². The van der Waals surface area contributed by atoms with Crippen molar-refractivity contribution < 1.29 is 5.11 Å². The largest absolute Gasteiger partial charge is 0.508 e. The maximum absolute atomic E-state index is 9.89. The van der Waals surface area contributed by atoms with Crippen molar-refractivity contribution >= 4 is 10.9 Å². The minimum atomic E-state index is -0.0801. The van der Waals surface area contributed by atoms with E-state index in [1.165, 1.54) is 6.33 Å². The van der Waals surface area contributed by atoms with E-state index in [2.05, 4.69) is 30.7 Å². The average Bonchev–Trinajstić information content (AvgIpc) is 2.15. The number of fused-ring (bicyclic) bond motifs is 1. The first-order valence-corrected chi connectivity index (χ1v) is 4.92. The first kappa shape index (κ1) is 9.90. The molecule has 0 radical (unpaired) electrons. The number of benzene rings is 1. The SMILES string of the molecule is CC(C)(C)c1cc2ncncc2cc1O. The highest BCUT2D eigenvalue weighted by Crippen LogP contribution is 2.33. The zero-order chi connectivity index (χ0) is 11.1. The number of aromatic hydroxyl groups is 1. The fourth-order valence-electron chi connectivity index (χ4n) is 1.62. The molecule has 0 aliphatic carbocycles. The van der Waals surface area contributed by atoms with Crippen LogP contribution < -0.4 is 0 Å². The molecule has 0 fully saturated rings. The van der Waals surface area contributed by atoms with Crippen molar-refractivity contribution in [2.24, 2.45) is 0 Å². The predicted octanol–water partition coefficient (Wildman–Crippen LogP) is 2.63. The third-order valence-corrected chi connectivity index (χ3v) is 2.43. The third-order valence-electron chi connectivity index (χ3n) is 2.43. The van der Waals surface area contributed by atoms with Crippen LogP contribution in [0.15, 0.2) is 24.7 Å². The van der Waals surface area contributed by atoms with Crippen LogP contribution in [-0.2, 0) is 5.41 Å². The van der Waals surface area contributed by atoms with Crippen molar-refractivity contribution in [2.45, 2.75) is 26.2 Å². The van der Waals surface area contributed by atoms with Crippen LogP contribution in [0.1, 0.15) is 26.3 Å². The van der Waals surface area contributed by atoms with E-state index in [1.807, 2.05) is 6.07 Å². The van der Waals surface area contributed by atoms with E-state index in [-0.39, 0.29) is 5.41 Å². The molecule has 78 valence electrons. The van der Waals surface area contributed by atoms with Gasteiger partial charge in [-0.25, -0.2) is 9.97 Å². The molecule has 1 aromatic heterocycles. The molecule has 0 atom stereocenters. The molecule has 1 heterocycles. The highest BCUT2D eigenvalue weighted by Gasteiger charge is 2.18. The molecule has 0 aliphatic rings. The topological polar surface area (TPSA) is 46.0 Å². The lowest BCUT2D eigenvalue weighted by Crippen LogP contribution is -2.11. The van der Waals surface area contributed by atoms with Crippen molar-refractivity contribution in [3.8, 4) is 5.75 Å². The molecule has 1 N–H and O–H groups in total. The summed E-state index contributed by atoms with van der Waals surface area (Å²) in [5.74, 6) is 0.310. The molecule has 2 rings (SSSR count). The Morgan fingerprint density at radius 2 is 1.93 bits per heavy atom. The van der Waals surface area contributed by atoms with Crippen molar-refractivity contribution in [3.63, 3.8) is 0 Å². The van der Waals surface area contributed by atoms with E-state index in [0.29, 0.717) is 5.75 Å². The highest BCUT2D eigenvalue weighted by molar-refractivity contribution is 5.80. The molecule has 0 spiro atoms. The Bertz CT molecular complexity index is 500. The van der Waals surface area contributed by atoms with Crippen LogP contribution in [0.2, 0.25) is 0 Å². The molecule has 0 unspecified atom stereocenters. The van der Waals surface area contributed by atoms with Gasteiger partial charge in [0.15, 0.2) is 0 Å². The summed E-state index contributed by atoms with van der Waals surface area (Å²) >= 11 is 0. The first-order chi connectivity index (χ1) is 6.98. The second-order valence-corrected chi connectivity index (χ2v) is 4.70. The van der Waals surface area contributed by atoms with Crippen LogP contribution in [0.4, 0.5) is 0 Å². The Morgan fingerprint density at radius 1 is 1.20 bits per heavy atom. The molecule has 3 nitrogen and oxygen atoms in total. The molecule has 2 aromatic rings. The molecule has 1 aromatic carbocycles. The molecule has 0 saturated heterocycles. The summed E-state index contributed by atoms with van der Waals surface area (Å²) in [6.07, 6.45) is 3.22. The predicted molar refractivity (Wildman–Crippen MR) is 59.9 cm³/mol. The summed E-state index contributed by atoms with van der Waals surface area (Å²) in [5.41, 5.74) is 1.70. The smallest absolute Gasteiger partial charge is 0.120 e.